The Bertz CT molecular complexity index is 1100. The molecule has 26 heavy (non-hydrogen) atoms. The van der Waals surface area contributed by atoms with Crippen LogP contribution in [0.2, 0.25) is 19.6 Å². The summed E-state index contributed by atoms with van der Waals surface area (Å²) in [5.41, 5.74) is 5.23. The Morgan fingerprint density at radius 3 is 2.46 bits per heavy atom. The van der Waals surface area contributed by atoms with E-state index in [0.717, 1.165) is 22.4 Å². The summed E-state index contributed by atoms with van der Waals surface area (Å²) in [6, 6.07) is 17.3. The van der Waals surface area contributed by atoms with Crippen molar-refractivity contribution in [3.63, 3.8) is 0 Å². The number of rotatable bonds is 3. The maximum atomic E-state index is 6.28. The average Bonchev–Trinajstić information content (AvgIpc) is 2.99. The summed E-state index contributed by atoms with van der Waals surface area (Å²) in [4.78, 5) is 4.62. The molecule has 0 aliphatic rings. The van der Waals surface area contributed by atoms with Gasteiger partial charge in [-0.2, -0.15) is 0 Å². The second-order valence-corrected chi connectivity index (χ2v) is 13.5. The van der Waals surface area contributed by atoms with E-state index < -0.39 is 8.07 Å². The third-order valence-electron chi connectivity index (χ3n) is 5.09. The fourth-order valence-corrected chi connectivity index (χ4v) is 4.58. The lowest BCUT2D eigenvalue weighted by atomic mass is 10.0. The molecule has 0 saturated carbocycles. The molecule has 0 amide bonds. The number of para-hydroxylation sites is 1. The van der Waals surface area contributed by atoms with E-state index in [2.05, 4.69) is 87.0 Å². The normalized spacial score (nSPS) is 12.4. The molecular formula is C23H25NOSi. The van der Waals surface area contributed by atoms with Crippen molar-refractivity contribution in [1.29, 1.82) is 0 Å². The van der Waals surface area contributed by atoms with Gasteiger partial charge in [0.15, 0.2) is 0 Å². The highest BCUT2D eigenvalue weighted by Gasteiger charge is 2.19. The number of benzene rings is 2. The molecule has 4 aromatic rings. The largest absolute Gasteiger partial charge is 0.455 e. The highest BCUT2D eigenvalue weighted by atomic mass is 28.3. The molecule has 2 nitrogen and oxygen atoms in total. The average molecular weight is 360 g/mol. The summed E-state index contributed by atoms with van der Waals surface area (Å²) in [5, 5.41) is 3.84. The van der Waals surface area contributed by atoms with Gasteiger partial charge >= 0.3 is 0 Å². The van der Waals surface area contributed by atoms with Crippen molar-refractivity contribution < 1.29 is 4.42 Å². The molecule has 3 heteroatoms. The van der Waals surface area contributed by atoms with Crippen LogP contribution in [0.15, 0.2) is 59.1 Å². The van der Waals surface area contributed by atoms with Gasteiger partial charge in [0.1, 0.15) is 11.2 Å². The summed E-state index contributed by atoms with van der Waals surface area (Å²) in [6.45, 7) is 11.5. The van der Waals surface area contributed by atoms with Gasteiger partial charge in [-0.05, 0) is 35.7 Å². The zero-order valence-corrected chi connectivity index (χ0v) is 17.1. The van der Waals surface area contributed by atoms with Crippen LogP contribution in [0.5, 0.6) is 0 Å². The van der Waals surface area contributed by atoms with E-state index in [1.165, 1.54) is 21.5 Å². The number of pyridine rings is 1. The molecule has 0 atom stereocenters. The molecule has 132 valence electrons. The summed E-state index contributed by atoms with van der Waals surface area (Å²) >= 11 is 0. The van der Waals surface area contributed by atoms with Crippen molar-refractivity contribution in [2.24, 2.45) is 0 Å². The van der Waals surface area contributed by atoms with Crippen molar-refractivity contribution in [2.75, 3.05) is 0 Å². The van der Waals surface area contributed by atoms with E-state index in [1.54, 1.807) is 0 Å². The molecule has 0 radical (unpaired) electrons. The van der Waals surface area contributed by atoms with E-state index >= 15 is 0 Å². The maximum Gasteiger partial charge on any atom is 0.144 e. The molecule has 0 aliphatic heterocycles. The Labute approximate surface area is 155 Å². The first-order chi connectivity index (χ1) is 12.3. The molecule has 0 N–H and O–H groups in total. The minimum absolute atomic E-state index is 0.478. The Hall–Kier alpha value is -2.39. The van der Waals surface area contributed by atoms with Crippen LogP contribution in [-0.2, 0) is 0 Å². The van der Waals surface area contributed by atoms with E-state index in [0.29, 0.717) is 5.92 Å². The Kier molecular flexibility index (Phi) is 4.00. The topological polar surface area (TPSA) is 26.0 Å². The summed E-state index contributed by atoms with van der Waals surface area (Å²) in [7, 11) is -1.36. The molecule has 4 rings (SSSR count). The predicted molar refractivity (Wildman–Crippen MR) is 114 cm³/mol. The zero-order chi connectivity index (χ0) is 18.5. The smallest absolute Gasteiger partial charge is 0.144 e. The second-order valence-electron chi connectivity index (χ2n) is 8.37. The number of aromatic nitrogens is 1. The van der Waals surface area contributed by atoms with E-state index in [9.17, 15) is 0 Å². The number of nitrogens with zero attached hydrogens (tertiary/aromatic N) is 1. The molecule has 0 saturated heterocycles. The summed E-state index contributed by atoms with van der Waals surface area (Å²) in [6.07, 6.45) is 1.90. The second kappa shape index (κ2) is 6.10. The van der Waals surface area contributed by atoms with Crippen LogP contribution < -0.4 is 5.19 Å². The zero-order valence-electron chi connectivity index (χ0n) is 16.1. The van der Waals surface area contributed by atoms with Crippen LogP contribution >= 0.6 is 0 Å². The SMILES string of the molecule is CC(C)c1ccnc(-c2cccc3c2oc2ccc([Si](C)(C)C)cc23)c1. The fourth-order valence-electron chi connectivity index (χ4n) is 3.42. The van der Waals surface area contributed by atoms with Crippen molar-refractivity contribution in [1.82, 2.24) is 4.98 Å². The minimum Gasteiger partial charge on any atom is -0.455 e. The van der Waals surface area contributed by atoms with Crippen molar-refractivity contribution in [3.05, 3.63) is 60.3 Å². The van der Waals surface area contributed by atoms with Crippen molar-refractivity contribution in [2.45, 2.75) is 39.4 Å². The summed E-state index contributed by atoms with van der Waals surface area (Å²) in [5.74, 6) is 0.478. The molecule has 0 unspecified atom stereocenters. The predicted octanol–water partition coefficient (Wildman–Crippen LogP) is 6.32. The van der Waals surface area contributed by atoms with Gasteiger partial charge in [-0.1, -0.05) is 62.9 Å². The minimum atomic E-state index is -1.36. The standard InChI is InChI=1S/C23H25NOSi/c1-15(2)16-11-12-24-21(13-16)19-8-6-7-18-20-14-17(26(3,4)5)9-10-22(20)25-23(18)19/h6-15H,1-5H3. The lowest BCUT2D eigenvalue weighted by Gasteiger charge is -2.16. The van der Waals surface area contributed by atoms with Crippen LogP contribution in [0.25, 0.3) is 33.2 Å². The number of fused-ring (bicyclic) bond motifs is 3. The molecule has 0 fully saturated rings. The molecule has 0 bridgehead atoms. The Balaban J connectivity index is 1.96. The van der Waals surface area contributed by atoms with Gasteiger partial charge in [0.25, 0.3) is 0 Å². The fraction of sp³-hybridized carbons (Fsp3) is 0.261. The van der Waals surface area contributed by atoms with Crippen LogP contribution in [0, 0.1) is 0 Å². The monoisotopic (exact) mass is 359 g/mol. The van der Waals surface area contributed by atoms with Crippen molar-refractivity contribution >= 4 is 35.2 Å². The van der Waals surface area contributed by atoms with Gasteiger partial charge in [0, 0.05) is 22.5 Å². The third-order valence-corrected chi connectivity index (χ3v) is 7.13. The summed E-state index contributed by atoms with van der Waals surface area (Å²) < 4.78 is 6.28. The van der Waals surface area contributed by atoms with E-state index in [4.69, 9.17) is 4.42 Å². The molecular weight excluding hydrogens is 334 g/mol. The number of furan rings is 1. The highest BCUT2D eigenvalue weighted by Crippen LogP contribution is 2.35. The molecule has 2 aromatic carbocycles. The Morgan fingerprint density at radius 1 is 0.923 bits per heavy atom. The van der Waals surface area contributed by atoms with Gasteiger partial charge in [0.05, 0.1) is 13.8 Å². The third kappa shape index (κ3) is 2.86. The van der Waals surface area contributed by atoms with Crippen LogP contribution in [0.3, 0.4) is 0 Å². The highest BCUT2D eigenvalue weighted by molar-refractivity contribution is 6.88. The lowest BCUT2D eigenvalue weighted by molar-refractivity contribution is 0.670. The molecule has 0 spiro atoms. The first-order valence-electron chi connectivity index (χ1n) is 9.26. The van der Waals surface area contributed by atoms with Crippen molar-refractivity contribution in [3.8, 4) is 11.3 Å². The number of hydrogen-bond donors (Lipinski definition) is 0. The van der Waals surface area contributed by atoms with Gasteiger partial charge < -0.3 is 4.42 Å². The van der Waals surface area contributed by atoms with Gasteiger partial charge in [-0.25, -0.2) is 0 Å². The maximum absolute atomic E-state index is 6.28. The van der Waals surface area contributed by atoms with Crippen LogP contribution in [0.1, 0.15) is 25.3 Å². The van der Waals surface area contributed by atoms with E-state index in [-0.39, 0.29) is 0 Å². The first-order valence-corrected chi connectivity index (χ1v) is 12.8. The Morgan fingerprint density at radius 2 is 1.73 bits per heavy atom. The van der Waals surface area contributed by atoms with Gasteiger partial charge in [-0.15, -0.1) is 0 Å². The van der Waals surface area contributed by atoms with E-state index in [1.807, 2.05) is 6.20 Å². The lowest BCUT2D eigenvalue weighted by Crippen LogP contribution is -2.37. The first kappa shape index (κ1) is 17.0. The quantitative estimate of drug-likeness (QED) is 0.400. The molecule has 2 aromatic heterocycles. The van der Waals surface area contributed by atoms with Crippen LogP contribution in [-0.4, -0.2) is 13.1 Å². The number of hydrogen-bond acceptors (Lipinski definition) is 2. The molecule has 0 aliphatic carbocycles. The molecule has 2 heterocycles. The van der Waals surface area contributed by atoms with Crippen LogP contribution in [0.4, 0.5) is 0 Å². The van der Waals surface area contributed by atoms with Gasteiger partial charge in [0.2, 0.25) is 0 Å². The van der Waals surface area contributed by atoms with Gasteiger partial charge in [-0.3, -0.25) is 4.98 Å².